The van der Waals surface area contributed by atoms with Gasteiger partial charge in [0, 0.05) is 26.2 Å². The minimum Gasteiger partial charge on any atom is -0.494 e. The maximum atomic E-state index is 12.9. The fourth-order valence-electron chi connectivity index (χ4n) is 2.67. The van der Waals surface area contributed by atoms with E-state index in [1.807, 2.05) is 27.7 Å². The smallest absolute Gasteiger partial charge is 0.410 e. The molecule has 0 unspecified atom stereocenters. The molecule has 7 nitrogen and oxygen atoms in total. The van der Waals surface area contributed by atoms with Crippen molar-refractivity contribution in [1.82, 2.24) is 9.21 Å². The van der Waals surface area contributed by atoms with E-state index in [4.69, 9.17) is 9.47 Å². The van der Waals surface area contributed by atoms with Crippen molar-refractivity contribution in [2.24, 2.45) is 0 Å². The molecule has 0 aliphatic carbocycles. The monoisotopic (exact) mass is 384 g/mol. The van der Waals surface area contributed by atoms with Gasteiger partial charge in [-0.3, -0.25) is 0 Å². The normalized spacial score (nSPS) is 16.8. The van der Waals surface area contributed by atoms with Crippen LogP contribution in [0.3, 0.4) is 0 Å². The average molecular weight is 384 g/mol. The van der Waals surface area contributed by atoms with E-state index in [2.05, 4.69) is 0 Å². The number of carbonyl (C=O) groups excluding carboxylic acids is 1. The Kier molecular flexibility index (Phi) is 6.52. The van der Waals surface area contributed by atoms with Crippen molar-refractivity contribution in [3.8, 4) is 5.75 Å². The van der Waals surface area contributed by atoms with Gasteiger partial charge in [0.25, 0.3) is 0 Å². The van der Waals surface area contributed by atoms with Gasteiger partial charge in [0.1, 0.15) is 11.4 Å². The Morgan fingerprint density at radius 2 is 1.73 bits per heavy atom. The van der Waals surface area contributed by atoms with Gasteiger partial charge in [-0.15, -0.1) is 0 Å². The van der Waals surface area contributed by atoms with Gasteiger partial charge in [0.05, 0.1) is 11.5 Å². The van der Waals surface area contributed by atoms with Crippen LogP contribution in [0.2, 0.25) is 0 Å². The van der Waals surface area contributed by atoms with Crippen LogP contribution in [0, 0.1) is 0 Å². The molecule has 1 aromatic rings. The van der Waals surface area contributed by atoms with E-state index in [-0.39, 0.29) is 11.4 Å². The molecule has 1 amide bonds. The highest BCUT2D eigenvalue weighted by Gasteiger charge is 2.30. The summed E-state index contributed by atoms with van der Waals surface area (Å²) in [6.45, 7) is 9.23. The van der Waals surface area contributed by atoms with Crippen LogP contribution in [0.5, 0.6) is 5.75 Å². The van der Waals surface area contributed by atoms with Gasteiger partial charge in [0.15, 0.2) is 0 Å². The first-order valence-corrected chi connectivity index (χ1v) is 10.3. The molecule has 0 saturated carbocycles. The van der Waals surface area contributed by atoms with Crippen LogP contribution in [0.25, 0.3) is 0 Å². The highest BCUT2D eigenvalue weighted by Crippen LogP contribution is 2.21. The summed E-state index contributed by atoms with van der Waals surface area (Å²) >= 11 is 0. The van der Waals surface area contributed by atoms with Crippen molar-refractivity contribution in [2.75, 3.05) is 32.8 Å². The van der Waals surface area contributed by atoms with Crippen LogP contribution in [0.15, 0.2) is 29.2 Å². The molecule has 8 heteroatoms. The molecule has 2 rings (SSSR count). The summed E-state index contributed by atoms with van der Waals surface area (Å²) in [4.78, 5) is 14.0. The zero-order valence-corrected chi connectivity index (χ0v) is 16.7. The van der Waals surface area contributed by atoms with E-state index < -0.39 is 21.7 Å². The van der Waals surface area contributed by atoms with Gasteiger partial charge < -0.3 is 14.4 Å². The second-order valence-electron chi connectivity index (χ2n) is 7.13. The van der Waals surface area contributed by atoms with Crippen LogP contribution in [0.1, 0.15) is 34.1 Å². The van der Waals surface area contributed by atoms with Crippen molar-refractivity contribution in [3.63, 3.8) is 0 Å². The largest absolute Gasteiger partial charge is 0.494 e. The number of carbonyl (C=O) groups is 1. The summed E-state index contributed by atoms with van der Waals surface area (Å²) in [5.41, 5.74) is -0.572. The summed E-state index contributed by atoms with van der Waals surface area (Å²) in [5, 5.41) is 0. The van der Waals surface area contributed by atoms with Crippen LogP contribution >= 0.6 is 0 Å². The fraction of sp³-hybridized carbons (Fsp3) is 0.611. The van der Waals surface area contributed by atoms with Crippen LogP contribution in [0.4, 0.5) is 4.79 Å². The Morgan fingerprint density at radius 3 is 2.31 bits per heavy atom. The number of hydrogen-bond acceptors (Lipinski definition) is 5. The molecule has 0 spiro atoms. The molecule has 0 aromatic heterocycles. The quantitative estimate of drug-likeness (QED) is 0.798. The van der Waals surface area contributed by atoms with Crippen molar-refractivity contribution in [2.45, 2.75) is 44.6 Å². The Bertz CT molecular complexity index is 710. The number of amides is 1. The summed E-state index contributed by atoms with van der Waals surface area (Å²) in [6, 6.07) is 6.41. The molecule has 1 aromatic carbocycles. The topological polar surface area (TPSA) is 76.2 Å². The Labute approximate surface area is 155 Å². The van der Waals surface area contributed by atoms with E-state index in [0.29, 0.717) is 38.4 Å². The van der Waals surface area contributed by atoms with Gasteiger partial charge >= 0.3 is 6.09 Å². The van der Waals surface area contributed by atoms with Gasteiger partial charge in [-0.1, -0.05) is 0 Å². The second kappa shape index (κ2) is 8.26. The van der Waals surface area contributed by atoms with Crippen molar-refractivity contribution in [3.05, 3.63) is 24.3 Å². The highest BCUT2D eigenvalue weighted by molar-refractivity contribution is 7.89. The Balaban J connectivity index is 2.06. The molecule has 1 aliphatic heterocycles. The third kappa shape index (κ3) is 5.35. The lowest BCUT2D eigenvalue weighted by Crippen LogP contribution is -2.40. The first kappa shape index (κ1) is 20.5. The molecule has 0 bridgehead atoms. The summed E-state index contributed by atoms with van der Waals surface area (Å²) < 4.78 is 37.9. The summed E-state index contributed by atoms with van der Waals surface area (Å²) in [5.74, 6) is 0.637. The third-order valence-electron chi connectivity index (χ3n) is 3.88. The number of benzene rings is 1. The van der Waals surface area contributed by atoms with Crippen molar-refractivity contribution < 1.29 is 22.7 Å². The van der Waals surface area contributed by atoms with E-state index in [9.17, 15) is 13.2 Å². The molecule has 1 aliphatic rings. The summed E-state index contributed by atoms with van der Waals surface area (Å²) in [7, 11) is -3.60. The van der Waals surface area contributed by atoms with Crippen molar-refractivity contribution in [1.29, 1.82) is 0 Å². The van der Waals surface area contributed by atoms with E-state index in [0.717, 1.165) is 0 Å². The van der Waals surface area contributed by atoms with E-state index >= 15 is 0 Å². The van der Waals surface area contributed by atoms with E-state index in [1.165, 1.54) is 4.31 Å². The maximum absolute atomic E-state index is 12.9. The first-order valence-electron chi connectivity index (χ1n) is 8.84. The van der Waals surface area contributed by atoms with Gasteiger partial charge in [-0.25, -0.2) is 13.2 Å². The third-order valence-corrected chi connectivity index (χ3v) is 5.79. The minimum atomic E-state index is -3.60. The maximum Gasteiger partial charge on any atom is 0.410 e. The molecular weight excluding hydrogens is 356 g/mol. The molecule has 146 valence electrons. The minimum absolute atomic E-state index is 0.228. The number of rotatable bonds is 4. The lowest BCUT2D eigenvalue weighted by Gasteiger charge is -2.26. The lowest BCUT2D eigenvalue weighted by atomic mass is 10.2. The predicted molar refractivity (Wildman–Crippen MR) is 98.8 cm³/mol. The van der Waals surface area contributed by atoms with Crippen molar-refractivity contribution >= 4 is 16.1 Å². The number of ether oxygens (including phenoxy) is 2. The number of sulfonamides is 1. The van der Waals surface area contributed by atoms with Gasteiger partial charge in [-0.05, 0) is 58.4 Å². The highest BCUT2D eigenvalue weighted by atomic mass is 32.2. The average Bonchev–Trinajstić information content (AvgIpc) is 2.81. The molecule has 1 fully saturated rings. The first-order chi connectivity index (χ1) is 12.1. The molecule has 1 saturated heterocycles. The standard InChI is InChI=1S/C18H28N2O5S/c1-5-24-15-7-9-16(10-8-15)26(22,23)20-12-6-11-19(13-14-20)17(21)25-18(2,3)4/h7-10H,5-6,11-14H2,1-4H3. The molecule has 0 radical (unpaired) electrons. The van der Waals surface area contributed by atoms with Crippen LogP contribution in [-0.2, 0) is 14.8 Å². The summed E-state index contributed by atoms with van der Waals surface area (Å²) in [6.07, 6.45) is 0.160. The Morgan fingerprint density at radius 1 is 1.08 bits per heavy atom. The van der Waals surface area contributed by atoms with Gasteiger partial charge in [0.2, 0.25) is 10.0 Å². The molecule has 0 N–H and O–H groups in total. The molecule has 0 atom stereocenters. The lowest BCUT2D eigenvalue weighted by molar-refractivity contribution is 0.0260. The van der Waals surface area contributed by atoms with Crippen LogP contribution in [-0.4, -0.2) is 62.1 Å². The molecular formula is C18H28N2O5S. The number of nitrogens with zero attached hydrogens (tertiary/aromatic N) is 2. The number of hydrogen-bond donors (Lipinski definition) is 0. The molecule has 1 heterocycles. The van der Waals surface area contributed by atoms with Gasteiger partial charge in [-0.2, -0.15) is 4.31 Å². The zero-order chi connectivity index (χ0) is 19.4. The Hall–Kier alpha value is -1.80. The fourth-order valence-corrected chi connectivity index (χ4v) is 4.14. The predicted octanol–water partition coefficient (Wildman–Crippen LogP) is 2.72. The van der Waals surface area contributed by atoms with Crippen LogP contribution < -0.4 is 4.74 Å². The SMILES string of the molecule is CCOc1ccc(S(=O)(=O)N2CCCN(C(=O)OC(C)(C)C)CC2)cc1. The molecule has 26 heavy (non-hydrogen) atoms. The van der Waals surface area contributed by atoms with E-state index in [1.54, 1.807) is 29.2 Å². The second-order valence-corrected chi connectivity index (χ2v) is 9.07. The zero-order valence-electron chi connectivity index (χ0n) is 15.9.